The Morgan fingerprint density at radius 1 is 1.40 bits per heavy atom. The second-order valence-electron chi connectivity index (χ2n) is 5.20. The van der Waals surface area contributed by atoms with Crippen molar-refractivity contribution < 1.29 is 9.21 Å². The lowest BCUT2D eigenvalue weighted by Crippen LogP contribution is -2.32. The van der Waals surface area contributed by atoms with E-state index in [1.165, 1.54) is 6.39 Å². The molecule has 2 aromatic rings. The third-order valence-corrected chi connectivity index (χ3v) is 3.60. The first kappa shape index (κ1) is 12.9. The highest BCUT2D eigenvalue weighted by Gasteiger charge is 2.28. The van der Waals surface area contributed by atoms with Crippen molar-refractivity contribution >= 4 is 5.91 Å². The summed E-state index contributed by atoms with van der Waals surface area (Å²) >= 11 is 0. The van der Waals surface area contributed by atoms with Gasteiger partial charge < -0.3 is 15.1 Å². The van der Waals surface area contributed by atoms with Gasteiger partial charge in [0.25, 0.3) is 5.91 Å². The summed E-state index contributed by atoms with van der Waals surface area (Å²) in [6.07, 6.45) is 2.15. The minimum Gasteiger partial charge on any atom is -0.443 e. The van der Waals surface area contributed by atoms with Gasteiger partial charge >= 0.3 is 0 Å². The predicted molar refractivity (Wildman–Crippen MR) is 75.2 cm³/mol. The van der Waals surface area contributed by atoms with E-state index in [0.717, 1.165) is 17.5 Å². The van der Waals surface area contributed by atoms with Gasteiger partial charge in [0.05, 0.1) is 0 Å². The van der Waals surface area contributed by atoms with Crippen LogP contribution in [0.1, 0.15) is 22.5 Å². The molecule has 3 rings (SSSR count). The van der Waals surface area contributed by atoms with E-state index in [1.54, 1.807) is 4.90 Å². The summed E-state index contributed by atoms with van der Waals surface area (Å²) in [6.45, 7) is 3.28. The minimum absolute atomic E-state index is 0.0636. The van der Waals surface area contributed by atoms with Gasteiger partial charge in [-0.3, -0.25) is 4.79 Å². The van der Waals surface area contributed by atoms with Crippen LogP contribution >= 0.6 is 0 Å². The summed E-state index contributed by atoms with van der Waals surface area (Å²) in [5.41, 5.74) is 8.23. The molecule has 0 radical (unpaired) electrons. The number of benzene rings is 1. The van der Waals surface area contributed by atoms with Crippen LogP contribution in [-0.4, -0.2) is 34.9 Å². The Morgan fingerprint density at radius 2 is 2.15 bits per heavy atom. The van der Waals surface area contributed by atoms with Crippen LogP contribution in [0.2, 0.25) is 0 Å². The summed E-state index contributed by atoms with van der Waals surface area (Å²) < 4.78 is 5.41. The van der Waals surface area contributed by atoms with Crippen molar-refractivity contribution in [2.24, 2.45) is 5.73 Å². The number of carbonyl (C=O) groups excluding carboxylic acids is 1. The van der Waals surface area contributed by atoms with Crippen LogP contribution in [0.5, 0.6) is 0 Å². The van der Waals surface area contributed by atoms with Gasteiger partial charge in [0.2, 0.25) is 0 Å². The Hall–Kier alpha value is -2.14. The third-order valence-electron chi connectivity index (χ3n) is 3.60. The van der Waals surface area contributed by atoms with Gasteiger partial charge in [0.1, 0.15) is 0 Å². The fourth-order valence-electron chi connectivity index (χ4n) is 2.43. The molecule has 1 amide bonds. The molecule has 2 heterocycles. The molecular weight excluding hydrogens is 254 g/mol. The second-order valence-corrected chi connectivity index (χ2v) is 5.20. The Morgan fingerprint density at radius 3 is 2.80 bits per heavy atom. The molecule has 0 bridgehead atoms. The van der Waals surface area contributed by atoms with Gasteiger partial charge in [-0.15, -0.1) is 0 Å². The van der Waals surface area contributed by atoms with Gasteiger partial charge in [-0.05, 0) is 13.3 Å². The summed E-state index contributed by atoms with van der Waals surface area (Å²) in [6, 6.07) is 7.90. The molecule has 1 atom stereocenters. The van der Waals surface area contributed by atoms with E-state index in [1.807, 2.05) is 31.2 Å². The highest BCUT2D eigenvalue weighted by molar-refractivity contribution is 5.97. The van der Waals surface area contributed by atoms with Crippen LogP contribution in [0.25, 0.3) is 11.3 Å². The maximum Gasteiger partial charge on any atom is 0.276 e. The first-order valence-corrected chi connectivity index (χ1v) is 6.70. The molecule has 1 aliphatic heterocycles. The molecule has 2 N–H and O–H groups in total. The van der Waals surface area contributed by atoms with Crippen molar-refractivity contribution in [3.63, 3.8) is 0 Å². The maximum absolute atomic E-state index is 12.5. The standard InChI is InChI=1S/C15H17N3O2/c1-10-2-4-11(5-3-10)14-13(17-9-20-14)15(19)18-7-6-12(16)8-18/h2-5,9,12H,6-8,16H2,1H3. The Kier molecular flexibility index (Phi) is 3.28. The van der Waals surface area contributed by atoms with Crippen LogP contribution in [0, 0.1) is 6.92 Å². The average Bonchev–Trinajstić information content (AvgIpc) is 3.07. The summed E-state index contributed by atoms with van der Waals surface area (Å²) in [7, 11) is 0. The van der Waals surface area contributed by atoms with E-state index >= 15 is 0 Å². The van der Waals surface area contributed by atoms with Crippen molar-refractivity contribution in [1.82, 2.24) is 9.88 Å². The monoisotopic (exact) mass is 271 g/mol. The number of amides is 1. The van der Waals surface area contributed by atoms with E-state index in [-0.39, 0.29) is 11.9 Å². The number of hydrogen-bond acceptors (Lipinski definition) is 4. The SMILES string of the molecule is Cc1ccc(-c2ocnc2C(=O)N2CCC(N)C2)cc1. The molecule has 1 aromatic heterocycles. The number of aromatic nitrogens is 1. The van der Waals surface area contributed by atoms with E-state index in [0.29, 0.717) is 24.5 Å². The molecule has 1 fully saturated rings. The Bertz CT molecular complexity index is 618. The van der Waals surface area contributed by atoms with Gasteiger partial charge in [-0.25, -0.2) is 4.98 Å². The fraction of sp³-hybridized carbons (Fsp3) is 0.333. The van der Waals surface area contributed by atoms with Crippen LogP contribution in [-0.2, 0) is 0 Å². The predicted octanol–water partition coefficient (Wildman–Crippen LogP) is 1.82. The second kappa shape index (κ2) is 5.09. The Labute approximate surface area is 117 Å². The van der Waals surface area contributed by atoms with E-state index < -0.39 is 0 Å². The summed E-state index contributed by atoms with van der Waals surface area (Å²) in [5.74, 6) is 0.415. The molecule has 0 saturated carbocycles. The molecule has 104 valence electrons. The average molecular weight is 271 g/mol. The van der Waals surface area contributed by atoms with Gasteiger partial charge in [0.15, 0.2) is 17.8 Å². The molecule has 0 spiro atoms. The molecule has 20 heavy (non-hydrogen) atoms. The lowest BCUT2D eigenvalue weighted by Gasteiger charge is -2.14. The van der Waals surface area contributed by atoms with Crippen molar-refractivity contribution in [3.8, 4) is 11.3 Å². The molecule has 1 saturated heterocycles. The lowest BCUT2D eigenvalue weighted by molar-refractivity contribution is 0.0786. The number of likely N-dealkylation sites (tertiary alicyclic amines) is 1. The number of nitrogens with zero attached hydrogens (tertiary/aromatic N) is 2. The summed E-state index contributed by atoms with van der Waals surface area (Å²) in [5, 5.41) is 0. The normalized spacial score (nSPS) is 18.5. The number of rotatable bonds is 2. The van der Waals surface area contributed by atoms with E-state index in [2.05, 4.69) is 4.98 Å². The van der Waals surface area contributed by atoms with E-state index in [4.69, 9.17) is 10.2 Å². The molecule has 0 aliphatic carbocycles. The molecule has 1 unspecified atom stereocenters. The minimum atomic E-state index is -0.109. The molecule has 5 heteroatoms. The lowest BCUT2D eigenvalue weighted by atomic mass is 10.1. The number of nitrogens with two attached hydrogens (primary N) is 1. The van der Waals surface area contributed by atoms with Crippen molar-refractivity contribution in [2.45, 2.75) is 19.4 Å². The molecule has 1 aromatic carbocycles. The van der Waals surface area contributed by atoms with Crippen LogP contribution < -0.4 is 5.73 Å². The first-order chi connectivity index (χ1) is 9.65. The topological polar surface area (TPSA) is 72.4 Å². The Balaban J connectivity index is 1.90. The highest BCUT2D eigenvalue weighted by atomic mass is 16.3. The zero-order valence-electron chi connectivity index (χ0n) is 11.4. The number of aryl methyl sites for hydroxylation is 1. The number of hydrogen-bond donors (Lipinski definition) is 1. The van der Waals surface area contributed by atoms with Crippen LogP contribution in [0.15, 0.2) is 35.1 Å². The van der Waals surface area contributed by atoms with Gasteiger partial charge in [-0.2, -0.15) is 0 Å². The quantitative estimate of drug-likeness (QED) is 0.904. The van der Waals surface area contributed by atoms with Crippen molar-refractivity contribution in [1.29, 1.82) is 0 Å². The van der Waals surface area contributed by atoms with Crippen LogP contribution in [0.4, 0.5) is 0 Å². The van der Waals surface area contributed by atoms with Gasteiger partial charge in [0, 0.05) is 24.7 Å². The maximum atomic E-state index is 12.5. The van der Waals surface area contributed by atoms with Crippen molar-refractivity contribution in [3.05, 3.63) is 41.9 Å². The smallest absolute Gasteiger partial charge is 0.276 e. The van der Waals surface area contributed by atoms with Crippen LogP contribution in [0.3, 0.4) is 0 Å². The summed E-state index contributed by atoms with van der Waals surface area (Å²) in [4.78, 5) is 18.3. The zero-order valence-corrected chi connectivity index (χ0v) is 11.4. The molecular formula is C15H17N3O2. The largest absolute Gasteiger partial charge is 0.443 e. The number of carbonyl (C=O) groups is 1. The molecule has 5 nitrogen and oxygen atoms in total. The number of oxazole rings is 1. The fourth-order valence-corrected chi connectivity index (χ4v) is 2.43. The van der Waals surface area contributed by atoms with E-state index in [9.17, 15) is 4.79 Å². The first-order valence-electron chi connectivity index (χ1n) is 6.70. The third kappa shape index (κ3) is 2.32. The molecule has 1 aliphatic rings. The zero-order chi connectivity index (χ0) is 14.1. The van der Waals surface area contributed by atoms with Gasteiger partial charge in [-0.1, -0.05) is 29.8 Å². The highest BCUT2D eigenvalue weighted by Crippen LogP contribution is 2.25. The van der Waals surface area contributed by atoms with Crippen molar-refractivity contribution in [2.75, 3.05) is 13.1 Å².